The number of nitrogens with zero attached hydrogens (tertiary/aromatic N) is 1. The second kappa shape index (κ2) is 9.45. The Balaban J connectivity index is 1.76. The van der Waals surface area contributed by atoms with Crippen molar-refractivity contribution in [1.82, 2.24) is 0 Å². The van der Waals surface area contributed by atoms with Crippen LogP contribution in [-0.4, -0.2) is 31.5 Å². The van der Waals surface area contributed by atoms with Crippen LogP contribution in [0.2, 0.25) is 0 Å². The normalized spacial score (nSPS) is 13.6. The number of ether oxygens (including phenoxy) is 2. The molecule has 2 aromatic carbocycles. The minimum absolute atomic E-state index is 0.0297. The van der Waals surface area contributed by atoms with E-state index in [0.717, 1.165) is 17.7 Å². The van der Waals surface area contributed by atoms with Gasteiger partial charge in [-0.1, -0.05) is 31.0 Å². The number of hydrogen-bond donors (Lipinski definition) is 1. The van der Waals surface area contributed by atoms with Gasteiger partial charge in [0.05, 0.1) is 25.0 Å². The molecule has 0 saturated carbocycles. The number of halogens is 1. The van der Waals surface area contributed by atoms with Gasteiger partial charge < -0.3 is 14.8 Å². The van der Waals surface area contributed by atoms with E-state index in [2.05, 4.69) is 5.32 Å². The van der Waals surface area contributed by atoms with Crippen LogP contribution in [0.4, 0.5) is 11.4 Å². The van der Waals surface area contributed by atoms with E-state index in [1.54, 1.807) is 24.3 Å². The number of amides is 2. The monoisotopic (exact) mass is 428 g/mol. The topological polar surface area (TPSA) is 84.9 Å². The van der Waals surface area contributed by atoms with Crippen LogP contribution >= 0.6 is 11.6 Å². The summed E-state index contributed by atoms with van der Waals surface area (Å²) in [4.78, 5) is 38.4. The molecule has 0 spiro atoms. The van der Waals surface area contributed by atoms with Crippen molar-refractivity contribution < 1.29 is 23.9 Å². The minimum atomic E-state index is -0.648. The first kappa shape index (κ1) is 21.4. The summed E-state index contributed by atoms with van der Waals surface area (Å²) < 4.78 is 10.3. The maximum absolute atomic E-state index is 12.9. The Morgan fingerprint density at radius 2 is 1.83 bits per heavy atom. The van der Waals surface area contributed by atoms with Gasteiger partial charge >= 0.3 is 5.97 Å². The van der Waals surface area contributed by atoms with Gasteiger partial charge in [-0.3, -0.25) is 9.59 Å². The molecule has 156 valence electrons. The van der Waals surface area contributed by atoms with E-state index >= 15 is 0 Å². The van der Waals surface area contributed by atoms with Crippen molar-refractivity contribution >= 4 is 40.8 Å². The zero-order valence-corrected chi connectivity index (χ0v) is 17.4. The molecule has 7 nitrogen and oxygen atoms in total. The van der Waals surface area contributed by atoms with E-state index in [4.69, 9.17) is 21.1 Å². The summed E-state index contributed by atoms with van der Waals surface area (Å²) in [6.45, 7) is 2.35. The van der Waals surface area contributed by atoms with Crippen molar-refractivity contribution in [2.24, 2.45) is 0 Å². The van der Waals surface area contributed by atoms with E-state index in [9.17, 15) is 14.4 Å². The van der Waals surface area contributed by atoms with E-state index in [-0.39, 0.29) is 10.7 Å². The summed E-state index contributed by atoms with van der Waals surface area (Å²) in [6.07, 6.45) is 1.71. The largest absolute Gasteiger partial charge is 0.497 e. The van der Waals surface area contributed by atoms with Gasteiger partial charge in [0, 0.05) is 11.8 Å². The van der Waals surface area contributed by atoms with Crippen molar-refractivity contribution in [1.29, 1.82) is 0 Å². The van der Waals surface area contributed by atoms with Gasteiger partial charge in [0.1, 0.15) is 16.5 Å². The molecule has 2 amide bonds. The number of benzene rings is 2. The van der Waals surface area contributed by atoms with Gasteiger partial charge in [-0.15, -0.1) is 0 Å². The lowest BCUT2D eigenvalue weighted by atomic mass is 10.2. The number of unbranched alkanes of at least 4 members (excludes halogenated alkanes) is 1. The number of nitrogens with one attached hydrogen (secondary N) is 1. The maximum Gasteiger partial charge on any atom is 0.338 e. The molecule has 0 radical (unpaired) electrons. The van der Waals surface area contributed by atoms with Crippen LogP contribution in [0.25, 0.3) is 0 Å². The lowest BCUT2D eigenvalue weighted by molar-refractivity contribution is -0.120. The Kier molecular flexibility index (Phi) is 6.74. The Labute approximate surface area is 179 Å². The van der Waals surface area contributed by atoms with E-state index in [1.807, 2.05) is 6.92 Å². The number of hydrogen-bond acceptors (Lipinski definition) is 6. The van der Waals surface area contributed by atoms with E-state index in [1.165, 1.54) is 31.4 Å². The number of esters is 1. The SMILES string of the molecule is CCCCOC(=O)c1ccc(N2C(=O)C(Cl)=C(Nc3cccc(OC)c3)C2=O)cc1. The summed E-state index contributed by atoms with van der Waals surface area (Å²) in [5.41, 5.74) is 1.16. The van der Waals surface area contributed by atoms with Crippen LogP contribution in [0.1, 0.15) is 30.1 Å². The molecular weight excluding hydrogens is 408 g/mol. The average molecular weight is 429 g/mol. The zero-order valence-electron chi connectivity index (χ0n) is 16.6. The second-order valence-electron chi connectivity index (χ2n) is 6.53. The molecule has 0 aromatic heterocycles. The molecule has 2 aromatic rings. The highest BCUT2D eigenvalue weighted by molar-refractivity contribution is 6.53. The van der Waals surface area contributed by atoms with Gasteiger partial charge in [-0.25, -0.2) is 9.69 Å². The Morgan fingerprint density at radius 3 is 2.50 bits per heavy atom. The highest BCUT2D eigenvalue weighted by atomic mass is 35.5. The molecule has 8 heteroatoms. The third-order valence-corrected chi connectivity index (χ3v) is 4.81. The number of imide groups is 1. The fourth-order valence-corrected chi connectivity index (χ4v) is 3.04. The lowest BCUT2D eigenvalue weighted by Gasteiger charge is -2.15. The quantitative estimate of drug-likeness (QED) is 0.387. The third kappa shape index (κ3) is 4.46. The molecular formula is C22H21ClN2O5. The summed E-state index contributed by atoms with van der Waals surface area (Å²) in [6, 6.07) is 12.9. The van der Waals surface area contributed by atoms with Crippen LogP contribution < -0.4 is 15.0 Å². The van der Waals surface area contributed by atoms with Gasteiger partial charge in [0.2, 0.25) is 0 Å². The molecule has 0 bridgehead atoms. The predicted molar refractivity (Wildman–Crippen MR) is 114 cm³/mol. The molecule has 30 heavy (non-hydrogen) atoms. The van der Waals surface area contributed by atoms with Crippen molar-refractivity contribution in [3.8, 4) is 5.75 Å². The average Bonchev–Trinajstić information content (AvgIpc) is 2.97. The molecule has 3 rings (SSSR count). The number of rotatable bonds is 8. The molecule has 1 aliphatic rings. The van der Waals surface area contributed by atoms with Crippen LogP contribution in [0.15, 0.2) is 59.3 Å². The van der Waals surface area contributed by atoms with Crippen molar-refractivity contribution in [2.75, 3.05) is 23.9 Å². The van der Waals surface area contributed by atoms with Crippen LogP contribution in [0.5, 0.6) is 5.75 Å². The van der Waals surface area contributed by atoms with Crippen molar-refractivity contribution in [3.63, 3.8) is 0 Å². The minimum Gasteiger partial charge on any atom is -0.497 e. The number of carbonyl (C=O) groups is 3. The fourth-order valence-electron chi connectivity index (χ4n) is 2.83. The van der Waals surface area contributed by atoms with E-state index < -0.39 is 17.8 Å². The highest BCUT2D eigenvalue weighted by Gasteiger charge is 2.39. The van der Waals surface area contributed by atoms with Gasteiger partial charge in [0.25, 0.3) is 11.8 Å². The number of methoxy groups -OCH3 is 1. The molecule has 1 aliphatic heterocycles. The maximum atomic E-state index is 12.9. The molecule has 1 heterocycles. The number of carbonyl (C=O) groups excluding carboxylic acids is 3. The summed E-state index contributed by atoms with van der Waals surface area (Å²) >= 11 is 6.14. The van der Waals surface area contributed by atoms with Gasteiger partial charge in [0.15, 0.2) is 0 Å². The van der Waals surface area contributed by atoms with E-state index in [0.29, 0.717) is 29.3 Å². The molecule has 0 aliphatic carbocycles. The molecule has 1 N–H and O–H groups in total. The first-order valence-electron chi connectivity index (χ1n) is 9.43. The third-order valence-electron chi connectivity index (χ3n) is 4.46. The molecule has 0 fully saturated rings. The van der Waals surface area contributed by atoms with Crippen molar-refractivity contribution in [3.05, 3.63) is 64.8 Å². The predicted octanol–water partition coefficient (Wildman–Crippen LogP) is 4.09. The molecule has 0 saturated heterocycles. The molecule has 0 atom stereocenters. The Bertz CT molecular complexity index is 1000. The fraction of sp³-hybridized carbons (Fsp3) is 0.227. The first-order chi connectivity index (χ1) is 14.5. The van der Waals surface area contributed by atoms with Crippen molar-refractivity contribution in [2.45, 2.75) is 19.8 Å². The zero-order chi connectivity index (χ0) is 21.7. The summed E-state index contributed by atoms with van der Waals surface area (Å²) in [7, 11) is 1.53. The Morgan fingerprint density at radius 1 is 1.10 bits per heavy atom. The second-order valence-corrected chi connectivity index (χ2v) is 6.91. The van der Waals surface area contributed by atoms with Gasteiger partial charge in [-0.2, -0.15) is 0 Å². The smallest absolute Gasteiger partial charge is 0.338 e. The standard InChI is InChI=1S/C22H21ClN2O5/c1-3-4-12-30-22(28)14-8-10-16(11-9-14)25-20(26)18(23)19(21(25)27)24-15-6-5-7-17(13-15)29-2/h5-11,13,24H,3-4,12H2,1-2H3. The lowest BCUT2D eigenvalue weighted by Crippen LogP contribution is -2.32. The first-order valence-corrected chi connectivity index (χ1v) is 9.81. The highest BCUT2D eigenvalue weighted by Crippen LogP contribution is 2.31. The Hall–Kier alpha value is -3.32. The molecule has 0 unspecified atom stereocenters. The summed E-state index contributed by atoms with van der Waals surface area (Å²) in [5.74, 6) is -1.10. The number of anilines is 2. The van der Waals surface area contributed by atoms with Crippen LogP contribution in [-0.2, 0) is 14.3 Å². The van der Waals surface area contributed by atoms with Crippen LogP contribution in [0.3, 0.4) is 0 Å². The van der Waals surface area contributed by atoms with Crippen LogP contribution in [0, 0.1) is 0 Å². The van der Waals surface area contributed by atoms with Gasteiger partial charge in [-0.05, 0) is 42.8 Å². The summed E-state index contributed by atoms with van der Waals surface area (Å²) in [5, 5.41) is 2.67.